The van der Waals surface area contributed by atoms with Crippen molar-refractivity contribution in [3.05, 3.63) is 90.0 Å². The fraction of sp³-hybridized carbons (Fsp3) is 0.200. The predicted octanol–water partition coefficient (Wildman–Crippen LogP) is 5.39. The van der Waals surface area contributed by atoms with E-state index in [0.29, 0.717) is 29.1 Å². The standard InChI is InChI=1S/C25H26N2O3/c1-4-27(20-12-6-5-7-13-20)25(29)22-15-8-9-16-23(22)26-24(28)19-11-10-14-21(17-19)30-18(2)3/h5-18H,4H2,1-3H3,(H,26,28). The number of hydrogen-bond donors (Lipinski definition) is 1. The smallest absolute Gasteiger partial charge is 0.260 e. The number of nitrogens with one attached hydrogen (secondary N) is 1. The van der Waals surface area contributed by atoms with Gasteiger partial charge in [-0.15, -0.1) is 0 Å². The van der Waals surface area contributed by atoms with Gasteiger partial charge >= 0.3 is 0 Å². The van der Waals surface area contributed by atoms with E-state index in [9.17, 15) is 9.59 Å². The van der Waals surface area contributed by atoms with E-state index in [2.05, 4.69) is 5.32 Å². The Bertz CT molecular complexity index is 1020. The SMILES string of the molecule is CCN(C(=O)c1ccccc1NC(=O)c1cccc(OC(C)C)c1)c1ccccc1. The van der Waals surface area contributed by atoms with Crippen LogP contribution in [0.4, 0.5) is 11.4 Å². The first-order valence-corrected chi connectivity index (χ1v) is 10.0. The number of nitrogens with zero attached hydrogens (tertiary/aromatic N) is 1. The van der Waals surface area contributed by atoms with Crippen molar-refractivity contribution in [3.8, 4) is 5.75 Å². The topological polar surface area (TPSA) is 58.6 Å². The van der Waals surface area contributed by atoms with E-state index in [4.69, 9.17) is 4.74 Å². The minimum Gasteiger partial charge on any atom is -0.491 e. The van der Waals surface area contributed by atoms with Gasteiger partial charge in [0.15, 0.2) is 0 Å². The second-order valence-electron chi connectivity index (χ2n) is 7.08. The molecule has 5 nitrogen and oxygen atoms in total. The number of rotatable bonds is 7. The van der Waals surface area contributed by atoms with Gasteiger partial charge in [0.05, 0.1) is 17.4 Å². The molecular formula is C25H26N2O3. The fourth-order valence-corrected chi connectivity index (χ4v) is 3.15. The van der Waals surface area contributed by atoms with Crippen molar-refractivity contribution < 1.29 is 14.3 Å². The normalized spacial score (nSPS) is 10.5. The molecule has 0 atom stereocenters. The van der Waals surface area contributed by atoms with E-state index in [-0.39, 0.29) is 17.9 Å². The molecule has 0 fully saturated rings. The Morgan fingerprint density at radius 2 is 1.63 bits per heavy atom. The Labute approximate surface area is 177 Å². The highest BCUT2D eigenvalue weighted by molar-refractivity contribution is 6.13. The zero-order chi connectivity index (χ0) is 21.5. The largest absolute Gasteiger partial charge is 0.491 e. The Morgan fingerprint density at radius 1 is 0.933 bits per heavy atom. The molecule has 0 radical (unpaired) electrons. The fourth-order valence-electron chi connectivity index (χ4n) is 3.15. The monoisotopic (exact) mass is 402 g/mol. The number of amides is 2. The molecule has 0 heterocycles. The average Bonchev–Trinajstić information content (AvgIpc) is 2.75. The van der Waals surface area contributed by atoms with Gasteiger partial charge in [0.25, 0.3) is 11.8 Å². The number of hydrogen-bond acceptors (Lipinski definition) is 3. The molecule has 0 saturated heterocycles. The van der Waals surface area contributed by atoms with E-state index in [1.165, 1.54) is 0 Å². The summed E-state index contributed by atoms with van der Waals surface area (Å²) in [4.78, 5) is 27.8. The van der Waals surface area contributed by atoms with E-state index >= 15 is 0 Å². The molecule has 3 aromatic rings. The van der Waals surface area contributed by atoms with Gasteiger partial charge in [-0.25, -0.2) is 0 Å². The van der Waals surface area contributed by atoms with Crippen LogP contribution in [0.15, 0.2) is 78.9 Å². The van der Waals surface area contributed by atoms with Gasteiger partial charge in [0.2, 0.25) is 0 Å². The van der Waals surface area contributed by atoms with Crippen molar-refractivity contribution in [2.24, 2.45) is 0 Å². The van der Waals surface area contributed by atoms with Crippen molar-refractivity contribution in [3.63, 3.8) is 0 Å². The number of carbonyl (C=O) groups is 2. The van der Waals surface area contributed by atoms with Crippen LogP contribution in [0.2, 0.25) is 0 Å². The molecule has 3 aromatic carbocycles. The summed E-state index contributed by atoms with van der Waals surface area (Å²) in [6.45, 7) is 6.30. The van der Waals surface area contributed by atoms with Crippen LogP contribution in [-0.2, 0) is 0 Å². The lowest BCUT2D eigenvalue weighted by molar-refractivity contribution is 0.0989. The highest BCUT2D eigenvalue weighted by atomic mass is 16.5. The van der Waals surface area contributed by atoms with Gasteiger partial charge < -0.3 is 15.0 Å². The average molecular weight is 402 g/mol. The van der Waals surface area contributed by atoms with E-state index in [1.807, 2.05) is 57.2 Å². The summed E-state index contributed by atoms with van der Waals surface area (Å²) in [5.41, 5.74) is 2.18. The molecular weight excluding hydrogens is 376 g/mol. The van der Waals surface area contributed by atoms with E-state index in [0.717, 1.165) is 5.69 Å². The molecule has 0 aliphatic rings. The molecule has 0 aliphatic carbocycles. The summed E-state index contributed by atoms with van der Waals surface area (Å²) in [5, 5.41) is 2.88. The Hall–Kier alpha value is -3.60. The number of para-hydroxylation sites is 2. The lowest BCUT2D eigenvalue weighted by atomic mass is 10.1. The van der Waals surface area contributed by atoms with Gasteiger partial charge in [-0.3, -0.25) is 9.59 Å². The second-order valence-corrected chi connectivity index (χ2v) is 7.08. The van der Waals surface area contributed by atoms with Crippen LogP contribution in [-0.4, -0.2) is 24.5 Å². The molecule has 154 valence electrons. The molecule has 0 saturated carbocycles. The molecule has 3 rings (SSSR count). The summed E-state index contributed by atoms with van der Waals surface area (Å²) < 4.78 is 5.67. The summed E-state index contributed by atoms with van der Waals surface area (Å²) in [7, 11) is 0. The zero-order valence-electron chi connectivity index (χ0n) is 17.5. The predicted molar refractivity (Wildman–Crippen MR) is 120 cm³/mol. The first kappa shape index (κ1) is 21.1. The minimum atomic E-state index is -0.299. The van der Waals surface area contributed by atoms with Crippen LogP contribution >= 0.6 is 0 Å². The lowest BCUT2D eigenvalue weighted by Crippen LogP contribution is -2.31. The highest BCUT2D eigenvalue weighted by Crippen LogP contribution is 2.23. The summed E-state index contributed by atoms with van der Waals surface area (Å²) >= 11 is 0. The third kappa shape index (κ3) is 5.06. The second kappa shape index (κ2) is 9.74. The van der Waals surface area contributed by atoms with Crippen LogP contribution in [0.25, 0.3) is 0 Å². The summed E-state index contributed by atoms with van der Waals surface area (Å²) in [6.07, 6.45) is 0.0136. The van der Waals surface area contributed by atoms with Crippen molar-refractivity contribution in [1.29, 1.82) is 0 Å². The lowest BCUT2D eigenvalue weighted by Gasteiger charge is -2.22. The van der Waals surface area contributed by atoms with Gasteiger partial charge in [-0.05, 0) is 63.2 Å². The number of benzene rings is 3. The van der Waals surface area contributed by atoms with Crippen molar-refractivity contribution in [2.45, 2.75) is 26.9 Å². The quantitative estimate of drug-likeness (QED) is 0.576. The van der Waals surface area contributed by atoms with Gasteiger partial charge in [-0.1, -0.05) is 36.4 Å². The van der Waals surface area contributed by atoms with Crippen LogP contribution in [0.3, 0.4) is 0 Å². The molecule has 2 amide bonds. The zero-order valence-corrected chi connectivity index (χ0v) is 17.5. The molecule has 0 bridgehead atoms. The Kier molecular flexibility index (Phi) is 6.86. The van der Waals surface area contributed by atoms with Crippen molar-refractivity contribution in [2.75, 3.05) is 16.8 Å². The minimum absolute atomic E-state index is 0.0136. The molecule has 30 heavy (non-hydrogen) atoms. The number of ether oxygens (including phenoxy) is 1. The number of anilines is 2. The molecule has 0 spiro atoms. The Morgan fingerprint density at radius 3 is 2.33 bits per heavy atom. The van der Waals surface area contributed by atoms with Crippen LogP contribution in [0.1, 0.15) is 41.5 Å². The third-order valence-corrected chi connectivity index (χ3v) is 4.50. The van der Waals surface area contributed by atoms with Gasteiger partial charge in [0, 0.05) is 17.8 Å². The van der Waals surface area contributed by atoms with Crippen molar-refractivity contribution >= 4 is 23.2 Å². The van der Waals surface area contributed by atoms with Crippen LogP contribution in [0, 0.1) is 0 Å². The molecule has 0 aromatic heterocycles. The van der Waals surface area contributed by atoms with Gasteiger partial charge in [0.1, 0.15) is 5.75 Å². The maximum absolute atomic E-state index is 13.2. The molecule has 5 heteroatoms. The first-order chi connectivity index (χ1) is 14.5. The molecule has 1 N–H and O–H groups in total. The summed E-state index contributed by atoms with van der Waals surface area (Å²) in [6, 6.07) is 23.5. The van der Waals surface area contributed by atoms with E-state index in [1.54, 1.807) is 47.4 Å². The van der Waals surface area contributed by atoms with Gasteiger partial charge in [-0.2, -0.15) is 0 Å². The number of carbonyl (C=O) groups excluding carboxylic acids is 2. The highest BCUT2D eigenvalue weighted by Gasteiger charge is 2.20. The van der Waals surface area contributed by atoms with E-state index < -0.39 is 0 Å². The summed E-state index contributed by atoms with van der Waals surface area (Å²) in [5.74, 6) is 0.159. The Balaban J connectivity index is 1.85. The molecule has 0 unspecified atom stereocenters. The molecule has 0 aliphatic heterocycles. The maximum atomic E-state index is 13.2. The van der Waals surface area contributed by atoms with Crippen LogP contribution < -0.4 is 15.0 Å². The van der Waals surface area contributed by atoms with Crippen molar-refractivity contribution in [1.82, 2.24) is 0 Å². The maximum Gasteiger partial charge on any atom is 0.260 e. The third-order valence-electron chi connectivity index (χ3n) is 4.50. The first-order valence-electron chi connectivity index (χ1n) is 10.0. The van der Waals surface area contributed by atoms with Crippen LogP contribution in [0.5, 0.6) is 5.75 Å².